The van der Waals surface area contributed by atoms with Gasteiger partial charge in [-0.2, -0.15) is 0 Å². The van der Waals surface area contributed by atoms with Crippen LogP contribution in [0, 0.1) is 0 Å². The van der Waals surface area contributed by atoms with Crippen LogP contribution in [0.3, 0.4) is 0 Å². The number of hydrogen-bond donors (Lipinski definition) is 1. The first-order valence-electron chi connectivity index (χ1n) is 6.49. The SMILES string of the molecule is Clc1cc2c(s1)CCCC2NCc1ccccc1Cl. The average molecular weight is 312 g/mol. The summed E-state index contributed by atoms with van der Waals surface area (Å²) < 4.78 is 0.899. The number of benzene rings is 1. The normalized spacial score (nSPS) is 18.3. The van der Waals surface area contributed by atoms with Crippen LogP contribution in [0.5, 0.6) is 0 Å². The third kappa shape index (κ3) is 2.97. The zero-order chi connectivity index (χ0) is 13.2. The summed E-state index contributed by atoms with van der Waals surface area (Å²) in [6.45, 7) is 0.803. The number of thiophene rings is 1. The van der Waals surface area contributed by atoms with E-state index in [1.54, 1.807) is 11.3 Å². The van der Waals surface area contributed by atoms with E-state index in [1.807, 2.05) is 18.2 Å². The molecule has 1 atom stereocenters. The lowest BCUT2D eigenvalue weighted by molar-refractivity contribution is 0.463. The lowest BCUT2D eigenvalue weighted by atomic mass is 9.94. The van der Waals surface area contributed by atoms with Crippen LogP contribution >= 0.6 is 34.5 Å². The number of nitrogens with one attached hydrogen (secondary N) is 1. The van der Waals surface area contributed by atoms with Crippen molar-refractivity contribution in [3.8, 4) is 0 Å². The molecule has 0 amide bonds. The van der Waals surface area contributed by atoms with Crippen molar-refractivity contribution >= 4 is 34.5 Å². The summed E-state index contributed by atoms with van der Waals surface area (Å²) >= 11 is 14.0. The summed E-state index contributed by atoms with van der Waals surface area (Å²) in [5.74, 6) is 0. The topological polar surface area (TPSA) is 12.0 Å². The van der Waals surface area contributed by atoms with Crippen molar-refractivity contribution in [3.05, 3.63) is 55.7 Å². The first-order valence-corrected chi connectivity index (χ1v) is 8.06. The number of halogens is 2. The van der Waals surface area contributed by atoms with Crippen LogP contribution in [0.4, 0.5) is 0 Å². The highest BCUT2D eigenvalue weighted by molar-refractivity contribution is 7.16. The Morgan fingerprint density at radius 2 is 2.11 bits per heavy atom. The summed E-state index contributed by atoms with van der Waals surface area (Å²) in [7, 11) is 0. The Morgan fingerprint density at radius 3 is 2.95 bits per heavy atom. The van der Waals surface area contributed by atoms with Gasteiger partial charge in [0.25, 0.3) is 0 Å². The van der Waals surface area contributed by atoms with Gasteiger partial charge >= 0.3 is 0 Å². The highest BCUT2D eigenvalue weighted by Gasteiger charge is 2.22. The zero-order valence-corrected chi connectivity index (χ0v) is 12.8. The van der Waals surface area contributed by atoms with E-state index in [2.05, 4.69) is 17.4 Å². The molecule has 1 N–H and O–H groups in total. The fourth-order valence-electron chi connectivity index (χ4n) is 2.61. The molecule has 0 aliphatic heterocycles. The molecule has 0 spiro atoms. The summed E-state index contributed by atoms with van der Waals surface area (Å²) in [4.78, 5) is 1.44. The number of fused-ring (bicyclic) bond motifs is 1. The van der Waals surface area contributed by atoms with Gasteiger partial charge in [0.1, 0.15) is 0 Å². The van der Waals surface area contributed by atoms with Crippen molar-refractivity contribution in [2.75, 3.05) is 0 Å². The molecule has 0 saturated heterocycles. The van der Waals surface area contributed by atoms with E-state index < -0.39 is 0 Å². The van der Waals surface area contributed by atoms with Crippen molar-refractivity contribution in [2.24, 2.45) is 0 Å². The average Bonchev–Trinajstić information content (AvgIpc) is 2.78. The predicted molar refractivity (Wildman–Crippen MR) is 83.3 cm³/mol. The van der Waals surface area contributed by atoms with Gasteiger partial charge in [0.05, 0.1) is 4.34 Å². The van der Waals surface area contributed by atoms with Crippen LogP contribution in [0.25, 0.3) is 0 Å². The van der Waals surface area contributed by atoms with Crippen molar-refractivity contribution < 1.29 is 0 Å². The highest BCUT2D eigenvalue weighted by Crippen LogP contribution is 2.38. The summed E-state index contributed by atoms with van der Waals surface area (Å²) in [6, 6.07) is 10.5. The molecule has 1 aliphatic rings. The van der Waals surface area contributed by atoms with Gasteiger partial charge in [-0.05, 0) is 42.5 Å². The van der Waals surface area contributed by atoms with Crippen LogP contribution < -0.4 is 5.32 Å². The molecule has 0 saturated carbocycles. The lowest BCUT2D eigenvalue weighted by Crippen LogP contribution is -2.23. The Balaban J connectivity index is 1.73. The van der Waals surface area contributed by atoms with E-state index in [0.717, 1.165) is 27.9 Å². The minimum absolute atomic E-state index is 0.406. The minimum atomic E-state index is 0.406. The Bertz CT molecular complexity index is 579. The van der Waals surface area contributed by atoms with Crippen molar-refractivity contribution in [3.63, 3.8) is 0 Å². The molecule has 0 fully saturated rings. The number of hydrogen-bond acceptors (Lipinski definition) is 2. The lowest BCUT2D eigenvalue weighted by Gasteiger charge is -2.24. The second-order valence-corrected chi connectivity index (χ2v) is 7.02. The first-order chi connectivity index (χ1) is 9.24. The van der Waals surface area contributed by atoms with Crippen molar-refractivity contribution in [2.45, 2.75) is 31.8 Å². The van der Waals surface area contributed by atoms with E-state index >= 15 is 0 Å². The van der Waals surface area contributed by atoms with Crippen LogP contribution in [-0.2, 0) is 13.0 Å². The van der Waals surface area contributed by atoms with Gasteiger partial charge < -0.3 is 5.32 Å². The summed E-state index contributed by atoms with van der Waals surface area (Å²) in [5.41, 5.74) is 2.53. The first kappa shape index (κ1) is 13.4. The molecular formula is C15H15Cl2NS. The van der Waals surface area contributed by atoms with Crippen molar-refractivity contribution in [1.29, 1.82) is 0 Å². The maximum Gasteiger partial charge on any atom is 0.0934 e. The molecule has 0 bridgehead atoms. The summed E-state index contributed by atoms with van der Waals surface area (Å²) in [6.07, 6.45) is 3.56. The molecular weight excluding hydrogens is 297 g/mol. The third-order valence-electron chi connectivity index (χ3n) is 3.58. The Labute approximate surface area is 127 Å². The fourth-order valence-corrected chi connectivity index (χ4v) is 4.19. The molecule has 19 heavy (non-hydrogen) atoms. The molecule has 100 valence electrons. The van der Waals surface area contributed by atoms with E-state index in [1.165, 1.54) is 23.3 Å². The Kier molecular flexibility index (Phi) is 4.13. The highest BCUT2D eigenvalue weighted by atomic mass is 35.5. The largest absolute Gasteiger partial charge is 0.306 e. The Hall–Kier alpha value is -0.540. The maximum absolute atomic E-state index is 6.19. The monoisotopic (exact) mass is 311 g/mol. The van der Waals surface area contributed by atoms with Crippen LogP contribution in [0.1, 0.15) is 34.9 Å². The molecule has 1 nitrogen and oxygen atoms in total. The van der Waals surface area contributed by atoms with Gasteiger partial charge in [0.2, 0.25) is 0 Å². The number of aryl methyl sites for hydroxylation is 1. The van der Waals surface area contributed by atoms with E-state index in [9.17, 15) is 0 Å². The van der Waals surface area contributed by atoms with Crippen LogP contribution in [-0.4, -0.2) is 0 Å². The quantitative estimate of drug-likeness (QED) is 0.819. The van der Waals surface area contributed by atoms with Crippen molar-refractivity contribution in [1.82, 2.24) is 5.32 Å². The van der Waals surface area contributed by atoms with Gasteiger partial charge in [0.15, 0.2) is 0 Å². The number of rotatable bonds is 3. The molecule has 1 aromatic heterocycles. The van der Waals surface area contributed by atoms with E-state index in [4.69, 9.17) is 23.2 Å². The molecule has 1 heterocycles. The fraction of sp³-hybridized carbons (Fsp3) is 0.333. The van der Waals surface area contributed by atoms with E-state index in [0.29, 0.717) is 6.04 Å². The molecule has 1 aromatic carbocycles. The molecule has 1 unspecified atom stereocenters. The Morgan fingerprint density at radius 1 is 1.26 bits per heavy atom. The second kappa shape index (κ2) is 5.84. The second-order valence-electron chi connectivity index (χ2n) is 4.85. The zero-order valence-electron chi connectivity index (χ0n) is 10.5. The van der Waals surface area contributed by atoms with Gasteiger partial charge in [-0.1, -0.05) is 41.4 Å². The minimum Gasteiger partial charge on any atom is -0.306 e. The van der Waals surface area contributed by atoms with E-state index in [-0.39, 0.29) is 0 Å². The molecule has 3 rings (SSSR count). The van der Waals surface area contributed by atoms with Gasteiger partial charge in [-0.25, -0.2) is 0 Å². The summed E-state index contributed by atoms with van der Waals surface area (Å²) in [5, 5.41) is 4.44. The van der Waals surface area contributed by atoms with Gasteiger partial charge in [-0.15, -0.1) is 11.3 Å². The van der Waals surface area contributed by atoms with Gasteiger partial charge in [-0.3, -0.25) is 0 Å². The molecule has 1 aliphatic carbocycles. The molecule has 4 heteroatoms. The molecule has 0 radical (unpaired) electrons. The maximum atomic E-state index is 6.19. The smallest absolute Gasteiger partial charge is 0.0934 e. The predicted octanol–water partition coefficient (Wildman–Crippen LogP) is 5.22. The third-order valence-corrected chi connectivity index (χ3v) is 5.29. The van der Waals surface area contributed by atoms with Gasteiger partial charge in [0, 0.05) is 22.5 Å². The standard InChI is InChI=1S/C15H15Cl2NS/c16-12-5-2-1-4-10(12)9-18-13-6-3-7-14-11(13)8-15(17)19-14/h1-2,4-5,8,13,18H,3,6-7,9H2. The molecule has 2 aromatic rings. The van der Waals surface area contributed by atoms with Crippen LogP contribution in [0.15, 0.2) is 30.3 Å². The van der Waals surface area contributed by atoms with Crippen LogP contribution in [0.2, 0.25) is 9.36 Å².